The van der Waals surface area contributed by atoms with E-state index in [9.17, 15) is 4.79 Å². The fourth-order valence-corrected chi connectivity index (χ4v) is 2.36. The molecule has 2 amide bonds. The number of rotatable bonds is 4. The van der Waals surface area contributed by atoms with Gasteiger partial charge in [0.2, 0.25) is 17.7 Å². The number of amides is 2. The van der Waals surface area contributed by atoms with E-state index in [4.69, 9.17) is 13.9 Å². The molecule has 0 aromatic carbocycles. The highest BCUT2D eigenvalue weighted by Gasteiger charge is 2.29. The summed E-state index contributed by atoms with van der Waals surface area (Å²) in [5.41, 5.74) is 0.529. The predicted molar refractivity (Wildman–Crippen MR) is 83.7 cm³/mol. The van der Waals surface area contributed by atoms with Crippen LogP contribution >= 0.6 is 0 Å². The minimum absolute atomic E-state index is 0.256. The second-order valence-corrected chi connectivity index (χ2v) is 5.18. The molecule has 1 atom stereocenters. The lowest BCUT2D eigenvalue weighted by Crippen LogP contribution is -2.44. The fraction of sp³-hybridized carbons (Fsp3) is 0.467. The van der Waals surface area contributed by atoms with Crippen LogP contribution < -0.4 is 10.1 Å². The van der Waals surface area contributed by atoms with Gasteiger partial charge in [-0.2, -0.15) is 0 Å². The van der Waals surface area contributed by atoms with E-state index in [2.05, 4.69) is 20.5 Å². The van der Waals surface area contributed by atoms with Gasteiger partial charge in [-0.05, 0) is 19.1 Å². The van der Waals surface area contributed by atoms with Gasteiger partial charge >= 0.3 is 6.03 Å². The van der Waals surface area contributed by atoms with Crippen LogP contribution in [0.3, 0.4) is 0 Å². The van der Waals surface area contributed by atoms with Crippen molar-refractivity contribution in [3.8, 4) is 5.88 Å². The zero-order valence-corrected chi connectivity index (χ0v) is 13.6. The van der Waals surface area contributed by atoms with E-state index in [0.29, 0.717) is 49.7 Å². The van der Waals surface area contributed by atoms with Gasteiger partial charge in [-0.3, -0.25) is 0 Å². The van der Waals surface area contributed by atoms with Gasteiger partial charge < -0.3 is 24.1 Å². The van der Waals surface area contributed by atoms with Gasteiger partial charge in [-0.25, -0.2) is 9.78 Å². The van der Waals surface area contributed by atoms with Crippen LogP contribution in [-0.2, 0) is 4.74 Å². The highest BCUT2D eigenvalue weighted by atomic mass is 16.5. The Labute approximate surface area is 139 Å². The molecule has 0 radical (unpaired) electrons. The van der Waals surface area contributed by atoms with Gasteiger partial charge in [-0.1, -0.05) is 0 Å². The average Bonchev–Trinajstić information content (AvgIpc) is 3.03. The molecule has 24 heavy (non-hydrogen) atoms. The van der Waals surface area contributed by atoms with Crippen LogP contribution in [0.5, 0.6) is 5.88 Å². The first-order valence-corrected chi connectivity index (χ1v) is 7.72. The molecule has 1 aliphatic rings. The Bertz CT molecular complexity index is 705. The van der Waals surface area contributed by atoms with E-state index in [1.165, 1.54) is 0 Å². The van der Waals surface area contributed by atoms with Crippen molar-refractivity contribution < 1.29 is 18.7 Å². The van der Waals surface area contributed by atoms with Crippen molar-refractivity contribution in [3.05, 3.63) is 30.1 Å². The number of urea groups is 1. The number of nitrogens with zero attached hydrogens (tertiary/aromatic N) is 4. The van der Waals surface area contributed by atoms with Crippen molar-refractivity contribution in [2.75, 3.05) is 31.6 Å². The van der Waals surface area contributed by atoms with E-state index >= 15 is 0 Å². The molecule has 128 valence electrons. The number of aromatic nitrogens is 3. The molecular weight excluding hydrogens is 314 g/mol. The number of ether oxygens (including phenoxy) is 2. The third-order valence-electron chi connectivity index (χ3n) is 3.46. The normalized spacial score (nSPS) is 17.6. The number of pyridine rings is 1. The molecule has 0 aliphatic carbocycles. The Balaban J connectivity index is 1.66. The molecule has 0 spiro atoms. The lowest BCUT2D eigenvalue weighted by atomic mass is 10.3. The molecule has 9 nitrogen and oxygen atoms in total. The molecule has 1 fully saturated rings. The molecule has 1 N–H and O–H groups in total. The number of carbonyl (C=O) groups is 1. The maximum absolute atomic E-state index is 12.5. The zero-order valence-electron chi connectivity index (χ0n) is 13.6. The molecule has 2 aromatic rings. The van der Waals surface area contributed by atoms with Gasteiger partial charge in [0.1, 0.15) is 5.69 Å². The standard InChI is InChI=1S/C15H19N5O4/c1-3-22-13-11(5-4-6-16-13)17-15(21)20-7-8-23-12(9-20)14-19-18-10(2)24-14/h4-6,12H,3,7-9H2,1-2H3,(H,17,21). The lowest BCUT2D eigenvalue weighted by Gasteiger charge is -2.31. The number of hydrogen-bond acceptors (Lipinski definition) is 7. The van der Waals surface area contributed by atoms with E-state index in [1.54, 1.807) is 30.2 Å². The largest absolute Gasteiger partial charge is 0.476 e. The number of aryl methyl sites for hydroxylation is 1. The van der Waals surface area contributed by atoms with Crippen LogP contribution in [0, 0.1) is 6.92 Å². The number of anilines is 1. The Kier molecular flexibility index (Phi) is 4.90. The molecule has 2 aromatic heterocycles. The number of hydrogen-bond donors (Lipinski definition) is 1. The average molecular weight is 333 g/mol. The minimum Gasteiger partial charge on any atom is -0.476 e. The summed E-state index contributed by atoms with van der Waals surface area (Å²) in [6.07, 6.45) is 1.19. The Hall–Kier alpha value is -2.68. The first kappa shape index (κ1) is 16.2. The van der Waals surface area contributed by atoms with Crippen molar-refractivity contribution in [1.29, 1.82) is 0 Å². The summed E-state index contributed by atoms with van der Waals surface area (Å²) in [4.78, 5) is 18.3. The molecule has 0 bridgehead atoms. The van der Waals surface area contributed by atoms with Gasteiger partial charge in [0.15, 0.2) is 6.10 Å². The van der Waals surface area contributed by atoms with Crippen LogP contribution in [0.1, 0.15) is 24.8 Å². The molecule has 1 unspecified atom stereocenters. The maximum Gasteiger partial charge on any atom is 0.322 e. The predicted octanol–water partition coefficient (Wildman–Crippen LogP) is 1.78. The molecule has 1 saturated heterocycles. The molecule has 9 heteroatoms. The third-order valence-corrected chi connectivity index (χ3v) is 3.46. The summed E-state index contributed by atoms with van der Waals surface area (Å²) >= 11 is 0. The van der Waals surface area contributed by atoms with E-state index < -0.39 is 6.10 Å². The Morgan fingerprint density at radius 2 is 2.38 bits per heavy atom. The quantitative estimate of drug-likeness (QED) is 0.909. The molecule has 1 aliphatic heterocycles. The van der Waals surface area contributed by atoms with Gasteiger partial charge in [-0.15, -0.1) is 10.2 Å². The molecule has 3 rings (SSSR count). The first-order chi connectivity index (χ1) is 11.7. The third kappa shape index (κ3) is 3.62. The maximum atomic E-state index is 12.5. The van der Waals surface area contributed by atoms with Crippen LogP contribution in [-0.4, -0.2) is 52.4 Å². The molecule has 3 heterocycles. The topological polar surface area (TPSA) is 103 Å². The van der Waals surface area contributed by atoms with Gasteiger partial charge in [0.05, 0.1) is 19.8 Å². The molecular formula is C15H19N5O4. The van der Waals surface area contributed by atoms with Crippen LogP contribution in [0.25, 0.3) is 0 Å². The van der Waals surface area contributed by atoms with Gasteiger partial charge in [0, 0.05) is 19.7 Å². The second kappa shape index (κ2) is 7.26. The summed E-state index contributed by atoms with van der Waals surface area (Å²) in [5.74, 6) is 1.24. The summed E-state index contributed by atoms with van der Waals surface area (Å²) in [6.45, 7) is 5.24. The van der Waals surface area contributed by atoms with E-state index in [0.717, 1.165) is 0 Å². The van der Waals surface area contributed by atoms with E-state index in [1.807, 2.05) is 6.92 Å². The van der Waals surface area contributed by atoms with Crippen LogP contribution in [0.2, 0.25) is 0 Å². The second-order valence-electron chi connectivity index (χ2n) is 5.18. The highest BCUT2D eigenvalue weighted by Crippen LogP contribution is 2.24. The number of carbonyl (C=O) groups excluding carboxylic acids is 1. The van der Waals surface area contributed by atoms with Crippen molar-refractivity contribution in [3.63, 3.8) is 0 Å². The summed E-state index contributed by atoms with van der Waals surface area (Å²) < 4.78 is 16.4. The van der Waals surface area contributed by atoms with Crippen molar-refractivity contribution in [2.45, 2.75) is 20.0 Å². The SMILES string of the molecule is CCOc1ncccc1NC(=O)N1CCOC(c2nnc(C)o2)C1. The highest BCUT2D eigenvalue weighted by molar-refractivity contribution is 5.90. The summed E-state index contributed by atoms with van der Waals surface area (Å²) in [7, 11) is 0. The number of nitrogens with one attached hydrogen (secondary N) is 1. The molecule has 0 saturated carbocycles. The van der Waals surface area contributed by atoms with Crippen molar-refractivity contribution >= 4 is 11.7 Å². The fourth-order valence-electron chi connectivity index (χ4n) is 2.36. The summed E-state index contributed by atoms with van der Waals surface area (Å²) in [5, 5.41) is 10.6. The number of morpholine rings is 1. The first-order valence-electron chi connectivity index (χ1n) is 7.72. The van der Waals surface area contributed by atoms with E-state index in [-0.39, 0.29) is 6.03 Å². The zero-order chi connectivity index (χ0) is 16.9. The van der Waals surface area contributed by atoms with Crippen LogP contribution in [0.15, 0.2) is 22.7 Å². The smallest absolute Gasteiger partial charge is 0.322 e. The lowest BCUT2D eigenvalue weighted by molar-refractivity contribution is -0.0274. The van der Waals surface area contributed by atoms with Crippen molar-refractivity contribution in [2.24, 2.45) is 0 Å². The monoisotopic (exact) mass is 333 g/mol. The van der Waals surface area contributed by atoms with Crippen LogP contribution in [0.4, 0.5) is 10.5 Å². The van der Waals surface area contributed by atoms with Crippen molar-refractivity contribution in [1.82, 2.24) is 20.1 Å². The van der Waals surface area contributed by atoms with Gasteiger partial charge in [0.25, 0.3) is 0 Å². The minimum atomic E-state index is -0.425. The summed E-state index contributed by atoms with van der Waals surface area (Å²) in [6, 6.07) is 3.23. The Morgan fingerprint density at radius 3 is 3.12 bits per heavy atom. The Morgan fingerprint density at radius 1 is 1.50 bits per heavy atom.